The summed E-state index contributed by atoms with van der Waals surface area (Å²) in [5.74, 6) is 0. The van der Waals surface area contributed by atoms with Gasteiger partial charge in [0.1, 0.15) is 6.10 Å². The van der Waals surface area contributed by atoms with Gasteiger partial charge in [-0.25, -0.2) is 0 Å². The van der Waals surface area contributed by atoms with Crippen LogP contribution in [0.3, 0.4) is 0 Å². The van der Waals surface area contributed by atoms with E-state index < -0.39 is 0 Å². The minimum Gasteiger partial charge on any atom is -0.488 e. The molecule has 3 aliphatic rings. The minimum atomic E-state index is -0.122. The summed E-state index contributed by atoms with van der Waals surface area (Å²) in [5, 5.41) is 4.93. The summed E-state index contributed by atoms with van der Waals surface area (Å²) in [6.45, 7) is 0.811. The van der Waals surface area contributed by atoms with E-state index in [1.807, 2.05) is 6.26 Å². The lowest BCUT2D eigenvalue weighted by atomic mass is 9.80. The molecular formula is C36H25NO. The van der Waals surface area contributed by atoms with Gasteiger partial charge in [0.15, 0.2) is 0 Å². The van der Waals surface area contributed by atoms with Crippen molar-refractivity contribution < 1.29 is 4.74 Å². The van der Waals surface area contributed by atoms with Crippen LogP contribution in [0, 0.1) is 0 Å². The first kappa shape index (κ1) is 21.3. The molecule has 0 bridgehead atoms. The summed E-state index contributed by atoms with van der Waals surface area (Å²) in [6, 6.07) is 41.2. The molecule has 0 N–H and O–H groups in total. The normalized spacial score (nSPS) is 17.2. The monoisotopic (exact) mass is 487 g/mol. The molecule has 8 rings (SSSR count). The zero-order valence-corrected chi connectivity index (χ0v) is 20.8. The number of hydrogen-bond acceptors (Lipinski definition) is 2. The smallest absolute Gasteiger partial charge is 0.150 e. The van der Waals surface area contributed by atoms with Crippen molar-refractivity contribution in [2.75, 3.05) is 11.4 Å². The van der Waals surface area contributed by atoms with Crippen molar-refractivity contribution in [3.8, 4) is 11.1 Å². The molecule has 2 heterocycles. The Kier molecular flexibility index (Phi) is 4.68. The van der Waals surface area contributed by atoms with E-state index in [1.54, 1.807) is 0 Å². The number of hydrogen-bond donors (Lipinski definition) is 0. The van der Waals surface area contributed by atoms with Crippen molar-refractivity contribution in [2.45, 2.75) is 6.10 Å². The van der Waals surface area contributed by atoms with Gasteiger partial charge >= 0.3 is 0 Å². The highest BCUT2D eigenvalue weighted by molar-refractivity contribution is 5.96. The number of allylic oxidation sites excluding steroid dienone is 2. The third-order valence-electron chi connectivity index (χ3n) is 7.98. The molecule has 5 aromatic rings. The molecule has 5 aromatic carbocycles. The van der Waals surface area contributed by atoms with E-state index in [0.29, 0.717) is 0 Å². The molecular weight excluding hydrogens is 462 g/mol. The number of nitrogens with zero attached hydrogens (tertiary/aromatic N) is 1. The van der Waals surface area contributed by atoms with Crippen LogP contribution >= 0.6 is 0 Å². The second-order valence-electron chi connectivity index (χ2n) is 10.2. The Labute approximate surface area is 221 Å². The number of para-hydroxylation sites is 1. The summed E-state index contributed by atoms with van der Waals surface area (Å²) in [6.07, 6.45) is 6.42. The molecule has 2 heteroatoms. The van der Waals surface area contributed by atoms with Gasteiger partial charge in [0.2, 0.25) is 0 Å². The van der Waals surface area contributed by atoms with E-state index in [0.717, 1.165) is 11.8 Å². The molecule has 1 atom stereocenters. The molecule has 0 saturated heterocycles. The van der Waals surface area contributed by atoms with Crippen LogP contribution in [0.25, 0.3) is 39.3 Å². The molecule has 0 saturated carbocycles. The van der Waals surface area contributed by atoms with Gasteiger partial charge in [0, 0.05) is 33.8 Å². The van der Waals surface area contributed by atoms with Crippen LogP contribution in [-0.2, 0) is 4.74 Å². The predicted molar refractivity (Wildman–Crippen MR) is 157 cm³/mol. The Morgan fingerprint density at radius 3 is 2.24 bits per heavy atom. The SMILES string of the molecule is C1=C2CN(c3ccccc3)c3cc(-c4ccccc4)cc4c3=C2C(OC=4)C(c2ccc3ccccc3c2)=C1. The second kappa shape index (κ2) is 8.36. The van der Waals surface area contributed by atoms with Gasteiger partial charge in [-0.1, -0.05) is 97.1 Å². The molecule has 2 nitrogen and oxygen atoms in total. The lowest BCUT2D eigenvalue weighted by Crippen LogP contribution is -2.46. The number of anilines is 2. The van der Waals surface area contributed by atoms with Crippen LogP contribution in [0.15, 0.2) is 133 Å². The predicted octanol–water partition coefficient (Wildman–Crippen LogP) is 6.97. The Balaban J connectivity index is 1.37. The Bertz CT molecular complexity index is 1920. The fourth-order valence-electron chi connectivity index (χ4n) is 6.16. The van der Waals surface area contributed by atoms with E-state index in [4.69, 9.17) is 4.74 Å². The van der Waals surface area contributed by atoms with Crippen molar-refractivity contribution in [1.82, 2.24) is 0 Å². The van der Waals surface area contributed by atoms with Gasteiger partial charge in [0.25, 0.3) is 0 Å². The maximum Gasteiger partial charge on any atom is 0.150 e. The number of fused-ring (bicyclic) bond motifs is 1. The summed E-state index contributed by atoms with van der Waals surface area (Å²) >= 11 is 0. The first-order valence-electron chi connectivity index (χ1n) is 13.2. The summed E-state index contributed by atoms with van der Waals surface area (Å²) in [7, 11) is 0. The molecule has 0 spiro atoms. The van der Waals surface area contributed by atoms with E-state index in [9.17, 15) is 0 Å². The van der Waals surface area contributed by atoms with Crippen LogP contribution < -0.4 is 15.3 Å². The largest absolute Gasteiger partial charge is 0.488 e. The maximum atomic E-state index is 6.59. The van der Waals surface area contributed by atoms with Gasteiger partial charge in [-0.15, -0.1) is 0 Å². The molecule has 0 radical (unpaired) electrons. The molecule has 0 fully saturated rings. The van der Waals surface area contributed by atoms with Gasteiger partial charge in [-0.3, -0.25) is 0 Å². The van der Waals surface area contributed by atoms with Gasteiger partial charge in [-0.2, -0.15) is 0 Å². The van der Waals surface area contributed by atoms with Gasteiger partial charge < -0.3 is 9.64 Å². The van der Waals surface area contributed by atoms with Gasteiger partial charge in [0.05, 0.1) is 11.9 Å². The second-order valence-corrected chi connectivity index (χ2v) is 10.2. The molecule has 1 aliphatic carbocycles. The lowest BCUT2D eigenvalue weighted by Gasteiger charge is -2.39. The number of benzene rings is 5. The highest BCUT2D eigenvalue weighted by Crippen LogP contribution is 2.41. The third-order valence-corrected chi connectivity index (χ3v) is 7.98. The van der Waals surface area contributed by atoms with Crippen molar-refractivity contribution in [1.29, 1.82) is 0 Å². The highest BCUT2D eigenvalue weighted by Gasteiger charge is 2.35. The Morgan fingerprint density at radius 2 is 1.39 bits per heavy atom. The van der Waals surface area contributed by atoms with Gasteiger partial charge in [-0.05, 0) is 63.4 Å². The van der Waals surface area contributed by atoms with Crippen molar-refractivity contribution >= 4 is 39.6 Å². The van der Waals surface area contributed by atoms with E-state index in [1.165, 1.54) is 60.8 Å². The van der Waals surface area contributed by atoms with Crippen LogP contribution in [-0.4, -0.2) is 12.6 Å². The Hall–Kier alpha value is -4.82. The molecule has 2 aliphatic heterocycles. The van der Waals surface area contributed by atoms with Crippen LogP contribution in [0.4, 0.5) is 11.4 Å². The van der Waals surface area contributed by atoms with Crippen LogP contribution in [0.1, 0.15) is 5.56 Å². The Morgan fingerprint density at radius 1 is 0.632 bits per heavy atom. The zero-order chi connectivity index (χ0) is 25.1. The van der Waals surface area contributed by atoms with Crippen LogP contribution in [0.2, 0.25) is 0 Å². The minimum absolute atomic E-state index is 0.122. The summed E-state index contributed by atoms with van der Waals surface area (Å²) in [5.41, 5.74) is 9.89. The number of rotatable bonds is 3. The highest BCUT2D eigenvalue weighted by atomic mass is 16.5. The quantitative estimate of drug-likeness (QED) is 0.273. The topological polar surface area (TPSA) is 12.5 Å². The first-order chi connectivity index (χ1) is 18.8. The fraction of sp³-hybridized carbons (Fsp3) is 0.0556. The molecule has 0 aromatic heterocycles. The average Bonchev–Trinajstić information content (AvgIpc) is 3.00. The van der Waals surface area contributed by atoms with Crippen molar-refractivity contribution in [3.05, 3.63) is 149 Å². The van der Waals surface area contributed by atoms with Crippen LogP contribution in [0.5, 0.6) is 0 Å². The van der Waals surface area contributed by atoms with Crippen molar-refractivity contribution in [3.63, 3.8) is 0 Å². The lowest BCUT2D eigenvalue weighted by molar-refractivity contribution is 0.282. The van der Waals surface area contributed by atoms with E-state index >= 15 is 0 Å². The molecule has 180 valence electrons. The first-order valence-corrected chi connectivity index (χ1v) is 13.2. The summed E-state index contributed by atoms with van der Waals surface area (Å²) < 4.78 is 6.59. The summed E-state index contributed by atoms with van der Waals surface area (Å²) in [4.78, 5) is 2.45. The van der Waals surface area contributed by atoms with E-state index in [-0.39, 0.29) is 6.10 Å². The number of ether oxygens (including phenoxy) is 1. The average molecular weight is 488 g/mol. The maximum absolute atomic E-state index is 6.59. The van der Waals surface area contributed by atoms with E-state index in [2.05, 4.69) is 132 Å². The molecule has 38 heavy (non-hydrogen) atoms. The standard InChI is InChI=1S/C36H25NO/c1-3-9-24(10-4-1)29-20-30-23-38-36-32(27-16-15-25-11-7-8-12-26(25)19-27)18-17-28-22-37(31-13-5-2-6-14-31)33(21-29)34(30)35(28)36/h1-21,23,36H,22H2. The molecule has 0 amide bonds. The third kappa shape index (κ3) is 3.27. The zero-order valence-electron chi connectivity index (χ0n) is 20.8. The van der Waals surface area contributed by atoms with Crippen molar-refractivity contribution in [2.24, 2.45) is 0 Å². The molecule has 1 unspecified atom stereocenters. The fourth-order valence-corrected chi connectivity index (χ4v) is 6.16.